The Labute approximate surface area is 157 Å². The van der Waals surface area contributed by atoms with E-state index in [1.807, 2.05) is 13.0 Å². The molecule has 144 valence electrons. The zero-order valence-corrected chi connectivity index (χ0v) is 15.3. The van der Waals surface area contributed by atoms with E-state index in [9.17, 15) is 18.0 Å². The molecule has 11 heteroatoms. The maximum Gasteiger partial charge on any atom is 0.433 e. The lowest BCUT2D eigenvalue weighted by molar-refractivity contribution is -0.142. The Bertz CT molecular complexity index is 994. The molecule has 0 aliphatic rings. The molecule has 1 amide bonds. The van der Waals surface area contributed by atoms with E-state index in [2.05, 4.69) is 20.5 Å². The highest BCUT2D eigenvalue weighted by atomic mass is 35.5. The Morgan fingerprint density at radius 3 is 2.70 bits per heavy atom. The zero-order valence-electron chi connectivity index (χ0n) is 14.5. The summed E-state index contributed by atoms with van der Waals surface area (Å²) in [6.07, 6.45) is -2.39. The van der Waals surface area contributed by atoms with Crippen molar-refractivity contribution in [2.75, 3.05) is 6.54 Å². The van der Waals surface area contributed by atoms with Crippen LogP contribution < -0.4 is 5.32 Å². The third-order valence-electron chi connectivity index (χ3n) is 3.93. The molecule has 0 fully saturated rings. The number of carbonyl (C=O) groups is 1. The summed E-state index contributed by atoms with van der Waals surface area (Å²) in [6.45, 7) is 4.21. The summed E-state index contributed by atoms with van der Waals surface area (Å²) in [6, 6.07) is 2.71. The highest BCUT2D eigenvalue weighted by molar-refractivity contribution is 6.36. The molecule has 3 rings (SSSR count). The lowest BCUT2D eigenvalue weighted by atomic mass is 10.3. The molecule has 27 heavy (non-hydrogen) atoms. The first kappa shape index (κ1) is 19.2. The number of aryl methyl sites for hydroxylation is 3. The molecular formula is C16H16ClF3N6O. The van der Waals surface area contributed by atoms with E-state index in [-0.39, 0.29) is 22.1 Å². The lowest BCUT2D eigenvalue weighted by Gasteiger charge is -2.09. The highest BCUT2D eigenvalue weighted by Gasteiger charge is 2.36. The Kier molecular flexibility index (Phi) is 5.09. The number of amides is 1. The summed E-state index contributed by atoms with van der Waals surface area (Å²) >= 11 is 6.07. The van der Waals surface area contributed by atoms with E-state index in [0.29, 0.717) is 24.0 Å². The number of alkyl halides is 3. The number of halogens is 4. The predicted octanol–water partition coefficient (Wildman–Crippen LogP) is 3.03. The van der Waals surface area contributed by atoms with Gasteiger partial charge in [0.2, 0.25) is 0 Å². The quantitative estimate of drug-likeness (QED) is 0.668. The van der Waals surface area contributed by atoms with Crippen LogP contribution in [0.3, 0.4) is 0 Å². The van der Waals surface area contributed by atoms with Crippen molar-refractivity contribution in [3.05, 3.63) is 46.1 Å². The number of fused-ring (bicyclic) bond motifs is 1. The minimum absolute atomic E-state index is 0.123. The molecule has 1 N–H and O–H groups in total. The monoisotopic (exact) mass is 400 g/mol. The average Bonchev–Trinajstić information content (AvgIpc) is 3.14. The largest absolute Gasteiger partial charge is 0.433 e. The summed E-state index contributed by atoms with van der Waals surface area (Å²) in [4.78, 5) is 16.3. The van der Waals surface area contributed by atoms with Gasteiger partial charge in [-0.25, -0.2) is 9.50 Å². The van der Waals surface area contributed by atoms with Crippen molar-refractivity contribution < 1.29 is 18.0 Å². The number of hydrogen-bond acceptors (Lipinski definition) is 4. The molecule has 3 heterocycles. The van der Waals surface area contributed by atoms with E-state index in [1.54, 1.807) is 10.9 Å². The van der Waals surface area contributed by atoms with Gasteiger partial charge in [-0.05, 0) is 32.4 Å². The minimum Gasteiger partial charge on any atom is -0.351 e. The molecule has 0 unspecified atom stereocenters. The van der Waals surface area contributed by atoms with Crippen LogP contribution in [0, 0.1) is 13.8 Å². The number of hydrogen-bond donors (Lipinski definition) is 1. The first-order chi connectivity index (χ1) is 12.7. The molecule has 0 spiro atoms. The van der Waals surface area contributed by atoms with Crippen molar-refractivity contribution in [2.24, 2.45) is 0 Å². The van der Waals surface area contributed by atoms with E-state index in [0.717, 1.165) is 11.8 Å². The normalized spacial score (nSPS) is 11.9. The molecule has 0 saturated heterocycles. The zero-order chi connectivity index (χ0) is 19.8. The predicted molar refractivity (Wildman–Crippen MR) is 91.7 cm³/mol. The second kappa shape index (κ2) is 7.18. The topological polar surface area (TPSA) is 77.1 Å². The smallest absolute Gasteiger partial charge is 0.351 e. The van der Waals surface area contributed by atoms with Gasteiger partial charge in [0, 0.05) is 30.7 Å². The Hall–Kier alpha value is -2.62. The molecule has 0 saturated carbocycles. The van der Waals surface area contributed by atoms with Gasteiger partial charge < -0.3 is 5.32 Å². The number of rotatable bonds is 5. The van der Waals surface area contributed by atoms with Gasteiger partial charge in [0.05, 0.1) is 0 Å². The van der Waals surface area contributed by atoms with Gasteiger partial charge in [-0.15, -0.1) is 0 Å². The Morgan fingerprint density at radius 2 is 2.07 bits per heavy atom. The van der Waals surface area contributed by atoms with Crippen LogP contribution in [-0.2, 0) is 12.7 Å². The second-order valence-corrected chi connectivity index (χ2v) is 6.36. The number of nitrogens with zero attached hydrogens (tertiary/aromatic N) is 5. The van der Waals surface area contributed by atoms with E-state index in [1.165, 1.54) is 6.92 Å². The van der Waals surface area contributed by atoms with E-state index >= 15 is 0 Å². The van der Waals surface area contributed by atoms with Crippen molar-refractivity contribution in [3.8, 4) is 0 Å². The molecule has 0 aliphatic heterocycles. The van der Waals surface area contributed by atoms with Crippen LogP contribution in [-0.4, -0.2) is 36.8 Å². The molecule has 0 aromatic carbocycles. The molecule has 0 bridgehead atoms. The van der Waals surface area contributed by atoms with Crippen LogP contribution in [0.4, 0.5) is 13.2 Å². The fourth-order valence-electron chi connectivity index (χ4n) is 2.61. The van der Waals surface area contributed by atoms with Crippen molar-refractivity contribution in [1.82, 2.24) is 29.7 Å². The highest BCUT2D eigenvalue weighted by Crippen LogP contribution is 2.32. The van der Waals surface area contributed by atoms with E-state index in [4.69, 9.17) is 11.6 Å². The van der Waals surface area contributed by atoms with Gasteiger partial charge >= 0.3 is 6.18 Å². The van der Waals surface area contributed by atoms with Crippen molar-refractivity contribution in [2.45, 2.75) is 33.0 Å². The fourth-order valence-corrected chi connectivity index (χ4v) is 2.85. The standard InChI is InChI=1S/C16H16ClF3N6O/c1-9-8-11(16(18,19)20)26-14(23-9)12(17)13(24-26)15(27)21-5-3-7-25-10(2)4-6-22-25/h4,6,8H,3,5,7H2,1-2H3,(H,21,27). The number of carbonyl (C=O) groups excluding carboxylic acids is 1. The summed E-state index contributed by atoms with van der Waals surface area (Å²) in [7, 11) is 0. The number of nitrogens with one attached hydrogen (secondary N) is 1. The van der Waals surface area contributed by atoms with Gasteiger partial charge in [0.15, 0.2) is 11.3 Å². The van der Waals surface area contributed by atoms with Gasteiger partial charge in [-0.2, -0.15) is 23.4 Å². The van der Waals surface area contributed by atoms with Crippen molar-refractivity contribution in [3.63, 3.8) is 0 Å². The molecule has 3 aromatic rings. The summed E-state index contributed by atoms with van der Waals surface area (Å²) < 4.78 is 42.0. The molecule has 7 nitrogen and oxygen atoms in total. The third-order valence-corrected chi connectivity index (χ3v) is 4.28. The van der Waals surface area contributed by atoms with Gasteiger partial charge in [0.25, 0.3) is 5.91 Å². The van der Waals surface area contributed by atoms with Gasteiger partial charge in [-0.1, -0.05) is 11.6 Å². The first-order valence-corrected chi connectivity index (χ1v) is 8.46. The molecule has 0 atom stereocenters. The molecule has 0 aliphatic carbocycles. The summed E-state index contributed by atoms with van der Waals surface area (Å²) in [5.74, 6) is -0.659. The Balaban J connectivity index is 1.77. The van der Waals surface area contributed by atoms with Crippen LogP contribution in [0.1, 0.15) is 34.0 Å². The van der Waals surface area contributed by atoms with Crippen LogP contribution >= 0.6 is 11.6 Å². The van der Waals surface area contributed by atoms with Crippen LogP contribution in [0.25, 0.3) is 5.65 Å². The number of aromatic nitrogens is 5. The van der Waals surface area contributed by atoms with Gasteiger partial charge in [0.1, 0.15) is 10.7 Å². The van der Waals surface area contributed by atoms with Crippen LogP contribution in [0.15, 0.2) is 18.3 Å². The van der Waals surface area contributed by atoms with Crippen molar-refractivity contribution in [1.29, 1.82) is 0 Å². The van der Waals surface area contributed by atoms with Crippen LogP contribution in [0.5, 0.6) is 0 Å². The van der Waals surface area contributed by atoms with E-state index < -0.39 is 17.8 Å². The van der Waals surface area contributed by atoms with Gasteiger partial charge in [-0.3, -0.25) is 9.48 Å². The maximum atomic E-state index is 13.2. The molecule has 3 aromatic heterocycles. The van der Waals surface area contributed by atoms with Crippen LogP contribution in [0.2, 0.25) is 5.02 Å². The third kappa shape index (κ3) is 3.90. The first-order valence-electron chi connectivity index (χ1n) is 8.08. The average molecular weight is 401 g/mol. The fraction of sp³-hybridized carbons (Fsp3) is 0.375. The minimum atomic E-state index is -4.66. The lowest BCUT2D eigenvalue weighted by Crippen LogP contribution is -2.26. The molecular weight excluding hydrogens is 385 g/mol. The Morgan fingerprint density at radius 1 is 1.33 bits per heavy atom. The van der Waals surface area contributed by atoms with Crippen molar-refractivity contribution >= 4 is 23.2 Å². The maximum absolute atomic E-state index is 13.2. The summed E-state index contributed by atoms with van der Waals surface area (Å²) in [5.41, 5.74) is -0.430. The SMILES string of the molecule is Cc1cc(C(F)(F)F)n2nc(C(=O)NCCCn3nccc3C)c(Cl)c2n1. The molecule has 0 radical (unpaired) electrons. The second-order valence-electron chi connectivity index (χ2n) is 5.98. The summed E-state index contributed by atoms with van der Waals surface area (Å²) in [5, 5.41) is 10.3.